The van der Waals surface area contributed by atoms with Gasteiger partial charge in [0.2, 0.25) is 10.0 Å². The van der Waals surface area contributed by atoms with Crippen molar-refractivity contribution >= 4 is 31.9 Å². The summed E-state index contributed by atoms with van der Waals surface area (Å²) in [5, 5.41) is 7.62. The molecule has 0 spiro atoms. The first-order valence-corrected chi connectivity index (χ1v) is 7.30. The third kappa shape index (κ3) is 4.25. The number of carbonyl (C=O) groups is 1. The summed E-state index contributed by atoms with van der Waals surface area (Å²) < 4.78 is 23.1. The molecule has 0 radical (unpaired) electrons. The molecule has 0 fully saturated rings. The summed E-state index contributed by atoms with van der Waals surface area (Å²) >= 11 is 3.11. The zero-order valence-corrected chi connectivity index (χ0v) is 12.1. The molecule has 0 aliphatic rings. The molecule has 18 heavy (non-hydrogen) atoms. The van der Waals surface area contributed by atoms with E-state index < -0.39 is 10.0 Å². The smallest absolute Gasteiger partial charge is 0.251 e. The Morgan fingerprint density at radius 1 is 1.44 bits per heavy atom. The van der Waals surface area contributed by atoms with Crippen molar-refractivity contribution in [1.29, 1.82) is 0 Å². The van der Waals surface area contributed by atoms with E-state index in [4.69, 9.17) is 5.14 Å². The molecular weight excluding hydrogens is 320 g/mol. The summed E-state index contributed by atoms with van der Waals surface area (Å²) in [6.45, 7) is 5.53. The molecule has 1 rings (SSSR count). The van der Waals surface area contributed by atoms with E-state index >= 15 is 0 Å². The number of amides is 1. The Kier molecular flexibility index (Phi) is 4.66. The van der Waals surface area contributed by atoms with E-state index in [1.54, 1.807) is 13.0 Å². The van der Waals surface area contributed by atoms with Crippen molar-refractivity contribution < 1.29 is 13.2 Å². The monoisotopic (exact) mass is 332 g/mol. The number of primary sulfonamides is 1. The van der Waals surface area contributed by atoms with Gasteiger partial charge in [0, 0.05) is 16.6 Å². The van der Waals surface area contributed by atoms with Crippen molar-refractivity contribution in [3.05, 3.63) is 40.4 Å². The lowest BCUT2D eigenvalue weighted by atomic mass is 10.1. The van der Waals surface area contributed by atoms with Crippen molar-refractivity contribution in [2.75, 3.05) is 6.54 Å². The van der Waals surface area contributed by atoms with Crippen molar-refractivity contribution in [3.8, 4) is 0 Å². The number of hydrogen-bond donors (Lipinski definition) is 2. The Balaban J connectivity index is 3.07. The fraction of sp³-hybridized carbons (Fsp3) is 0.182. The molecule has 0 heterocycles. The molecular formula is C11H13BrN2O3S. The Bertz CT molecular complexity index is 596. The lowest BCUT2D eigenvalue weighted by molar-refractivity contribution is 0.0957. The SMILES string of the molecule is C=C(Br)CNC(=O)c1cc(C)cc(S(N)(=O)=O)c1. The van der Waals surface area contributed by atoms with Gasteiger partial charge in [-0.1, -0.05) is 22.5 Å². The molecule has 0 unspecified atom stereocenters. The fourth-order valence-electron chi connectivity index (χ4n) is 1.32. The third-order valence-corrected chi connectivity index (χ3v) is 3.26. The first kappa shape index (κ1) is 14.9. The predicted octanol–water partition coefficient (Wildman–Crippen LogP) is 1.28. The molecule has 0 atom stereocenters. The van der Waals surface area contributed by atoms with Crippen LogP contribution in [0.2, 0.25) is 0 Å². The van der Waals surface area contributed by atoms with E-state index in [-0.39, 0.29) is 22.9 Å². The third-order valence-electron chi connectivity index (χ3n) is 2.08. The molecule has 0 saturated carbocycles. The van der Waals surface area contributed by atoms with Gasteiger partial charge in [0.1, 0.15) is 0 Å². The number of nitrogens with two attached hydrogens (primary N) is 1. The molecule has 7 heteroatoms. The highest BCUT2D eigenvalue weighted by Gasteiger charge is 2.13. The molecule has 0 bridgehead atoms. The molecule has 98 valence electrons. The van der Waals surface area contributed by atoms with Crippen LogP contribution in [0.15, 0.2) is 34.2 Å². The van der Waals surface area contributed by atoms with Crippen LogP contribution in [0.1, 0.15) is 15.9 Å². The number of halogens is 1. The topological polar surface area (TPSA) is 89.3 Å². The predicted molar refractivity (Wildman–Crippen MR) is 73.0 cm³/mol. The van der Waals surface area contributed by atoms with Crippen LogP contribution in [0, 0.1) is 6.92 Å². The fourth-order valence-corrected chi connectivity index (χ4v) is 2.10. The normalized spacial score (nSPS) is 11.1. The number of hydrogen-bond acceptors (Lipinski definition) is 3. The zero-order chi connectivity index (χ0) is 13.9. The number of benzene rings is 1. The second-order valence-electron chi connectivity index (χ2n) is 3.78. The number of sulfonamides is 1. The quantitative estimate of drug-likeness (QED) is 0.870. The van der Waals surface area contributed by atoms with E-state index in [1.807, 2.05) is 0 Å². The van der Waals surface area contributed by atoms with Crippen molar-refractivity contribution in [2.45, 2.75) is 11.8 Å². The number of rotatable bonds is 4. The van der Waals surface area contributed by atoms with Gasteiger partial charge in [-0.05, 0) is 30.7 Å². The van der Waals surface area contributed by atoms with Gasteiger partial charge in [-0.3, -0.25) is 4.79 Å². The lowest BCUT2D eigenvalue weighted by Crippen LogP contribution is -2.25. The summed E-state index contributed by atoms with van der Waals surface area (Å²) in [4.78, 5) is 11.7. The maximum atomic E-state index is 11.8. The maximum absolute atomic E-state index is 11.8. The van der Waals surface area contributed by atoms with Crippen LogP contribution < -0.4 is 10.5 Å². The highest BCUT2D eigenvalue weighted by Crippen LogP contribution is 2.13. The summed E-state index contributed by atoms with van der Waals surface area (Å²) in [6.07, 6.45) is 0. The van der Waals surface area contributed by atoms with Crippen LogP contribution in [0.3, 0.4) is 0 Å². The van der Waals surface area contributed by atoms with Crippen LogP contribution in [0.4, 0.5) is 0 Å². The van der Waals surface area contributed by atoms with Crippen molar-refractivity contribution in [1.82, 2.24) is 5.32 Å². The van der Waals surface area contributed by atoms with Gasteiger partial charge < -0.3 is 5.32 Å². The molecule has 0 aromatic heterocycles. The number of carbonyl (C=O) groups excluding carboxylic acids is 1. The van der Waals surface area contributed by atoms with Crippen LogP contribution in [-0.4, -0.2) is 20.9 Å². The minimum absolute atomic E-state index is 0.0784. The number of nitrogens with one attached hydrogen (secondary N) is 1. The molecule has 3 N–H and O–H groups in total. The lowest BCUT2D eigenvalue weighted by Gasteiger charge is -2.07. The summed E-state index contributed by atoms with van der Waals surface area (Å²) in [6, 6.07) is 4.24. The Morgan fingerprint density at radius 3 is 2.56 bits per heavy atom. The van der Waals surface area contributed by atoms with E-state index in [0.29, 0.717) is 10.0 Å². The maximum Gasteiger partial charge on any atom is 0.251 e. The second-order valence-corrected chi connectivity index (χ2v) is 6.46. The molecule has 1 amide bonds. The molecule has 5 nitrogen and oxygen atoms in total. The van der Waals surface area contributed by atoms with Gasteiger partial charge in [-0.25, -0.2) is 13.6 Å². The van der Waals surface area contributed by atoms with Gasteiger partial charge in [0.25, 0.3) is 5.91 Å². The number of aryl methyl sites for hydroxylation is 1. The summed E-state index contributed by atoms with van der Waals surface area (Å²) in [5.74, 6) is -0.385. The van der Waals surface area contributed by atoms with E-state index in [0.717, 1.165) is 0 Å². The summed E-state index contributed by atoms with van der Waals surface area (Å²) in [7, 11) is -3.82. The Labute approximate surface area is 114 Å². The molecule has 1 aromatic carbocycles. The van der Waals surface area contributed by atoms with Gasteiger partial charge in [0.05, 0.1) is 4.90 Å². The van der Waals surface area contributed by atoms with Crippen molar-refractivity contribution in [2.24, 2.45) is 5.14 Å². The van der Waals surface area contributed by atoms with Crippen LogP contribution in [0.25, 0.3) is 0 Å². The van der Waals surface area contributed by atoms with E-state index in [2.05, 4.69) is 27.8 Å². The molecule has 0 aliphatic carbocycles. The largest absolute Gasteiger partial charge is 0.347 e. The molecule has 0 aliphatic heterocycles. The minimum atomic E-state index is -3.82. The molecule has 1 aromatic rings. The van der Waals surface area contributed by atoms with E-state index in [1.165, 1.54) is 12.1 Å². The Hall–Kier alpha value is -1.18. The standard InChI is InChI=1S/C11H13BrN2O3S/c1-7-3-9(11(15)14-6-8(2)12)5-10(4-7)18(13,16)17/h3-5H,2,6H2,1H3,(H,14,15)(H2,13,16,17). The average molecular weight is 333 g/mol. The van der Waals surface area contributed by atoms with Crippen molar-refractivity contribution in [3.63, 3.8) is 0 Å². The second kappa shape index (κ2) is 5.64. The van der Waals surface area contributed by atoms with Crippen LogP contribution >= 0.6 is 15.9 Å². The van der Waals surface area contributed by atoms with Gasteiger partial charge in [0.15, 0.2) is 0 Å². The van der Waals surface area contributed by atoms with Gasteiger partial charge >= 0.3 is 0 Å². The van der Waals surface area contributed by atoms with Crippen LogP contribution in [0.5, 0.6) is 0 Å². The zero-order valence-electron chi connectivity index (χ0n) is 9.73. The summed E-state index contributed by atoms with van der Waals surface area (Å²) in [5.41, 5.74) is 0.886. The highest BCUT2D eigenvalue weighted by atomic mass is 79.9. The first-order chi connectivity index (χ1) is 8.20. The van der Waals surface area contributed by atoms with Gasteiger partial charge in [-0.15, -0.1) is 0 Å². The Morgan fingerprint density at radius 2 is 2.06 bits per heavy atom. The highest BCUT2D eigenvalue weighted by molar-refractivity contribution is 9.11. The molecule has 0 saturated heterocycles. The van der Waals surface area contributed by atoms with Crippen LogP contribution in [-0.2, 0) is 10.0 Å². The average Bonchev–Trinajstić information content (AvgIpc) is 2.23. The first-order valence-electron chi connectivity index (χ1n) is 4.96. The minimum Gasteiger partial charge on any atom is -0.347 e. The van der Waals surface area contributed by atoms with E-state index in [9.17, 15) is 13.2 Å². The van der Waals surface area contributed by atoms with Gasteiger partial charge in [-0.2, -0.15) is 0 Å².